The quantitative estimate of drug-likeness (QED) is 0.572. The van der Waals surface area contributed by atoms with Crippen LogP contribution in [0.2, 0.25) is 0 Å². The molecule has 0 amide bonds. The van der Waals surface area contributed by atoms with Gasteiger partial charge in [0, 0.05) is 17.7 Å². The van der Waals surface area contributed by atoms with Crippen LogP contribution in [0.4, 0.5) is 0 Å². The highest BCUT2D eigenvalue weighted by atomic mass is 16.5. The summed E-state index contributed by atoms with van der Waals surface area (Å²) in [6, 6.07) is 7.20. The Bertz CT molecular complexity index is 842. The van der Waals surface area contributed by atoms with Crippen LogP contribution in [0.25, 0.3) is 5.57 Å². The second-order valence-corrected chi connectivity index (χ2v) is 6.61. The van der Waals surface area contributed by atoms with Crippen molar-refractivity contribution in [2.45, 2.75) is 26.3 Å². The number of nitrogens with zero attached hydrogens (tertiary/aromatic N) is 1. The van der Waals surface area contributed by atoms with Gasteiger partial charge in [0.2, 0.25) is 5.88 Å². The normalized spacial score (nSPS) is 18.0. The number of ether oxygens (including phenoxy) is 1. The number of para-hydroxylation sites is 1. The molecule has 2 aliphatic heterocycles. The molecule has 132 valence electrons. The molecular formula is C19H23N3O3. The number of likely N-dealkylation sites (N-methyl/N-ethyl adjacent to an activating group) is 1. The van der Waals surface area contributed by atoms with Gasteiger partial charge >= 0.3 is 5.97 Å². The average molecular weight is 341 g/mol. The minimum atomic E-state index is -0.693. The predicted octanol–water partition coefficient (Wildman–Crippen LogP) is 0.235. The monoisotopic (exact) mass is 341 g/mol. The van der Waals surface area contributed by atoms with Gasteiger partial charge in [0.15, 0.2) is 0 Å². The molecule has 3 rings (SSSR count). The summed E-state index contributed by atoms with van der Waals surface area (Å²) in [6.07, 6.45) is 1.64. The summed E-state index contributed by atoms with van der Waals surface area (Å²) in [7, 11) is 1.66. The van der Waals surface area contributed by atoms with Crippen molar-refractivity contribution < 1.29 is 14.3 Å². The van der Waals surface area contributed by atoms with E-state index < -0.39 is 17.9 Å². The van der Waals surface area contributed by atoms with Crippen molar-refractivity contribution in [3.05, 3.63) is 46.4 Å². The van der Waals surface area contributed by atoms with E-state index >= 15 is 0 Å². The number of hydrogen-bond donors (Lipinski definition) is 2. The highest BCUT2D eigenvalue weighted by Gasteiger charge is 2.33. The van der Waals surface area contributed by atoms with Crippen LogP contribution in [0.1, 0.15) is 20.3 Å². The Morgan fingerprint density at radius 2 is 2.12 bits per heavy atom. The largest absolute Gasteiger partial charge is 0.406 e. The molecule has 1 aromatic rings. The first-order valence-corrected chi connectivity index (χ1v) is 8.56. The van der Waals surface area contributed by atoms with Gasteiger partial charge in [0.25, 0.3) is 0 Å². The van der Waals surface area contributed by atoms with Crippen LogP contribution in [0.5, 0.6) is 0 Å². The number of carbonyl (C=O) groups excluding carboxylic acids is 2. The Morgan fingerprint density at radius 3 is 2.80 bits per heavy atom. The summed E-state index contributed by atoms with van der Waals surface area (Å²) >= 11 is 0. The lowest BCUT2D eigenvalue weighted by Gasteiger charge is -2.26. The van der Waals surface area contributed by atoms with E-state index in [4.69, 9.17) is 4.74 Å². The molecule has 0 saturated carbocycles. The molecule has 2 heterocycles. The Labute approximate surface area is 146 Å². The highest BCUT2D eigenvalue weighted by Crippen LogP contribution is 2.25. The first-order valence-electron chi connectivity index (χ1n) is 8.56. The van der Waals surface area contributed by atoms with Crippen LogP contribution in [0.3, 0.4) is 0 Å². The molecule has 1 unspecified atom stereocenters. The molecule has 0 saturated heterocycles. The minimum absolute atomic E-state index is 0.0296. The SMILES string of the molecule is CN[C@H](C(=O)OC1=C2N=c3ccccc3=C2CCN1)C(C=O)C(C)C. The topological polar surface area (TPSA) is 79.8 Å². The van der Waals surface area contributed by atoms with Crippen LogP contribution >= 0.6 is 0 Å². The zero-order valence-corrected chi connectivity index (χ0v) is 14.7. The van der Waals surface area contributed by atoms with Gasteiger partial charge in [-0.1, -0.05) is 32.0 Å². The van der Waals surface area contributed by atoms with Gasteiger partial charge in [-0.25, -0.2) is 9.79 Å². The van der Waals surface area contributed by atoms with Crippen molar-refractivity contribution in [1.82, 2.24) is 10.6 Å². The van der Waals surface area contributed by atoms with Crippen LogP contribution in [-0.4, -0.2) is 31.9 Å². The first kappa shape index (κ1) is 17.4. The number of nitrogens with one attached hydrogen (secondary N) is 2. The van der Waals surface area contributed by atoms with Gasteiger partial charge in [-0.15, -0.1) is 0 Å². The predicted molar refractivity (Wildman–Crippen MR) is 93.6 cm³/mol. The number of fused-ring (bicyclic) bond motifs is 2. The van der Waals surface area contributed by atoms with E-state index in [-0.39, 0.29) is 5.92 Å². The maximum Gasteiger partial charge on any atom is 0.330 e. The Kier molecular flexibility index (Phi) is 4.99. The molecule has 2 atom stereocenters. The molecule has 0 fully saturated rings. The number of esters is 1. The molecule has 0 spiro atoms. The number of rotatable bonds is 6. The molecule has 0 aromatic heterocycles. The third kappa shape index (κ3) is 3.22. The van der Waals surface area contributed by atoms with Crippen molar-refractivity contribution in [1.29, 1.82) is 0 Å². The molecule has 0 aliphatic carbocycles. The van der Waals surface area contributed by atoms with Gasteiger partial charge in [-0.2, -0.15) is 0 Å². The van der Waals surface area contributed by atoms with E-state index in [1.165, 1.54) is 0 Å². The van der Waals surface area contributed by atoms with Crippen molar-refractivity contribution in [2.75, 3.05) is 13.6 Å². The molecule has 25 heavy (non-hydrogen) atoms. The number of allylic oxidation sites excluding steroid dienone is 1. The standard InChI is InChI=1S/C19H23N3O3/c1-11(2)14(10-23)17(20-3)19(24)25-18-16-13(8-9-21-18)12-6-4-5-7-15(12)22-16/h4-7,10-11,14,17,20-21H,8-9H2,1-3H3/t14?,17-/m0/s1. The van der Waals surface area contributed by atoms with Crippen molar-refractivity contribution in [3.8, 4) is 0 Å². The number of carbonyl (C=O) groups is 2. The van der Waals surface area contributed by atoms with Gasteiger partial charge in [0.1, 0.15) is 18.0 Å². The maximum absolute atomic E-state index is 12.6. The summed E-state index contributed by atoms with van der Waals surface area (Å²) in [4.78, 5) is 28.6. The van der Waals surface area contributed by atoms with Crippen LogP contribution in [-0.2, 0) is 14.3 Å². The molecule has 0 bridgehead atoms. The lowest BCUT2D eigenvalue weighted by Crippen LogP contribution is -2.45. The summed E-state index contributed by atoms with van der Waals surface area (Å²) in [5.41, 5.74) is 1.77. The Morgan fingerprint density at radius 1 is 1.36 bits per heavy atom. The van der Waals surface area contributed by atoms with E-state index in [0.717, 1.165) is 28.9 Å². The van der Waals surface area contributed by atoms with E-state index in [9.17, 15) is 9.59 Å². The van der Waals surface area contributed by atoms with Gasteiger partial charge in [-0.05, 0) is 31.0 Å². The zero-order valence-electron chi connectivity index (χ0n) is 14.7. The van der Waals surface area contributed by atoms with Crippen molar-refractivity contribution in [2.24, 2.45) is 16.8 Å². The smallest absolute Gasteiger partial charge is 0.330 e. The Balaban J connectivity index is 1.91. The second-order valence-electron chi connectivity index (χ2n) is 6.61. The summed E-state index contributed by atoms with van der Waals surface area (Å²) < 4.78 is 5.62. The van der Waals surface area contributed by atoms with Gasteiger partial charge < -0.3 is 20.2 Å². The van der Waals surface area contributed by atoms with Crippen LogP contribution in [0, 0.1) is 11.8 Å². The fourth-order valence-corrected chi connectivity index (χ4v) is 3.30. The lowest BCUT2D eigenvalue weighted by atomic mass is 9.90. The van der Waals surface area contributed by atoms with Crippen LogP contribution < -0.4 is 21.2 Å². The zero-order chi connectivity index (χ0) is 18.0. The molecule has 1 aromatic carbocycles. The number of hydrogen-bond acceptors (Lipinski definition) is 6. The minimum Gasteiger partial charge on any atom is -0.406 e. The summed E-state index contributed by atoms with van der Waals surface area (Å²) in [5.74, 6) is -0.526. The maximum atomic E-state index is 12.6. The Hall–Kier alpha value is -2.47. The lowest BCUT2D eigenvalue weighted by molar-refractivity contribution is -0.145. The fraction of sp³-hybridized carbons (Fsp3) is 0.421. The first-order chi connectivity index (χ1) is 12.1. The molecule has 6 heteroatoms. The molecular weight excluding hydrogens is 318 g/mol. The van der Waals surface area contributed by atoms with E-state index in [0.29, 0.717) is 18.1 Å². The number of aldehydes is 1. The highest BCUT2D eigenvalue weighted by molar-refractivity contribution is 5.82. The third-order valence-electron chi connectivity index (χ3n) is 4.70. The van der Waals surface area contributed by atoms with Crippen molar-refractivity contribution >= 4 is 17.8 Å². The number of benzene rings is 1. The van der Waals surface area contributed by atoms with Crippen LogP contribution in [0.15, 0.2) is 40.8 Å². The van der Waals surface area contributed by atoms with E-state index in [1.54, 1.807) is 7.05 Å². The van der Waals surface area contributed by atoms with Gasteiger partial charge in [0.05, 0.1) is 5.36 Å². The average Bonchev–Trinajstić information content (AvgIpc) is 2.99. The summed E-state index contributed by atoms with van der Waals surface area (Å²) in [5, 5.41) is 8.01. The molecule has 0 radical (unpaired) electrons. The molecule has 6 nitrogen and oxygen atoms in total. The van der Waals surface area contributed by atoms with Gasteiger partial charge in [-0.3, -0.25) is 0 Å². The van der Waals surface area contributed by atoms with E-state index in [2.05, 4.69) is 15.6 Å². The molecule has 2 N–H and O–H groups in total. The summed E-state index contributed by atoms with van der Waals surface area (Å²) in [6.45, 7) is 4.50. The van der Waals surface area contributed by atoms with E-state index in [1.807, 2.05) is 38.1 Å². The van der Waals surface area contributed by atoms with Crippen molar-refractivity contribution in [3.63, 3.8) is 0 Å². The fourth-order valence-electron chi connectivity index (χ4n) is 3.30. The molecule has 2 aliphatic rings. The third-order valence-corrected chi connectivity index (χ3v) is 4.70. The second kappa shape index (κ2) is 7.19.